The van der Waals surface area contributed by atoms with Gasteiger partial charge in [0.15, 0.2) is 0 Å². The van der Waals surface area contributed by atoms with Crippen LogP contribution in [-0.4, -0.2) is 19.2 Å². The van der Waals surface area contributed by atoms with E-state index in [4.69, 9.17) is 4.74 Å². The first-order valence-electron chi connectivity index (χ1n) is 7.62. The van der Waals surface area contributed by atoms with E-state index in [9.17, 15) is 9.18 Å². The molecular weight excluding hydrogens is 295 g/mol. The van der Waals surface area contributed by atoms with Crippen molar-refractivity contribution >= 4 is 6.03 Å². The number of benzene rings is 2. The zero-order chi connectivity index (χ0) is 16.3. The largest absolute Gasteiger partial charge is 0.377 e. The second-order valence-electron chi connectivity index (χ2n) is 5.13. The summed E-state index contributed by atoms with van der Waals surface area (Å²) in [4.78, 5) is 11.6. The topological polar surface area (TPSA) is 50.4 Å². The summed E-state index contributed by atoms with van der Waals surface area (Å²) in [5.41, 5.74) is 1.99. The van der Waals surface area contributed by atoms with E-state index in [1.165, 1.54) is 12.1 Å². The van der Waals surface area contributed by atoms with Crippen molar-refractivity contribution in [2.45, 2.75) is 19.6 Å². The molecule has 0 aliphatic carbocycles. The van der Waals surface area contributed by atoms with Gasteiger partial charge in [-0.3, -0.25) is 0 Å². The third-order valence-corrected chi connectivity index (χ3v) is 3.23. The van der Waals surface area contributed by atoms with Gasteiger partial charge in [0.1, 0.15) is 5.82 Å². The van der Waals surface area contributed by atoms with E-state index >= 15 is 0 Å². The quantitative estimate of drug-likeness (QED) is 0.735. The minimum atomic E-state index is -0.284. The van der Waals surface area contributed by atoms with Gasteiger partial charge in [-0.05, 0) is 29.7 Å². The lowest BCUT2D eigenvalue weighted by atomic mass is 10.2. The summed E-state index contributed by atoms with van der Waals surface area (Å²) in [6.45, 7) is 2.09. The van der Waals surface area contributed by atoms with Gasteiger partial charge in [0.2, 0.25) is 0 Å². The molecule has 0 saturated heterocycles. The number of nitrogens with one attached hydrogen (secondary N) is 2. The van der Waals surface area contributed by atoms with Gasteiger partial charge in [-0.15, -0.1) is 0 Å². The van der Waals surface area contributed by atoms with Crippen LogP contribution in [0.2, 0.25) is 0 Å². The van der Waals surface area contributed by atoms with Gasteiger partial charge in [0, 0.05) is 19.7 Å². The zero-order valence-corrected chi connectivity index (χ0v) is 12.9. The van der Waals surface area contributed by atoms with Gasteiger partial charge in [-0.1, -0.05) is 42.5 Å². The molecular formula is C18H21FN2O2. The fourth-order valence-electron chi connectivity index (χ4n) is 1.99. The first kappa shape index (κ1) is 17.0. The highest BCUT2D eigenvalue weighted by atomic mass is 19.1. The molecule has 0 saturated carbocycles. The second-order valence-corrected chi connectivity index (χ2v) is 5.13. The van der Waals surface area contributed by atoms with Crippen molar-refractivity contribution in [2.24, 2.45) is 0 Å². The van der Waals surface area contributed by atoms with Crippen LogP contribution in [-0.2, 0) is 17.9 Å². The average molecular weight is 316 g/mol. The molecule has 0 aromatic heterocycles. The van der Waals surface area contributed by atoms with Crippen LogP contribution in [0.5, 0.6) is 0 Å². The molecule has 2 N–H and O–H groups in total. The van der Waals surface area contributed by atoms with Crippen LogP contribution < -0.4 is 10.6 Å². The SMILES string of the molecule is O=C(NCCCOCc1ccccc1)NCc1ccc(F)cc1. The first-order valence-corrected chi connectivity index (χ1v) is 7.62. The van der Waals surface area contributed by atoms with E-state index in [0.29, 0.717) is 26.3 Å². The van der Waals surface area contributed by atoms with E-state index in [1.54, 1.807) is 12.1 Å². The Morgan fingerprint density at radius 3 is 2.43 bits per heavy atom. The summed E-state index contributed by atoms with van der Waals surface area (Å²) in [5.74, 6) is -0.284. The van der Waals surface area contributed by atoms with Crippen LogP contribution in [0.25, 0.3) is 0 Å². The van der Waals surface area contributed by atoms with Crippen LogP contribution in [0.4, 0.5) is 9.18 Å². The third kappa shape index (κ3) is 6.93. The molecule has 0 unspecified atom stereocenters. The standard InChI is InChI=1S/C18H21FN2O2/c19-17-9-7-15(8-10-17)13-21-18(22)20-11-4-12-23-14-16-5-2-1-3-6-16/h1-3,5-10H,4,11-14H2,(H2,20,21,22). The average Bonchev–Trinajstić information content (AvgIpc) is 2.58. The van der Waals surface area contributed by atoms with Crippen molar-refractivity contribution in [2.75, 3.05) is 13.2 Å². The van der Waals surface area contributed by atoms with Crippen molar-refractivity contribution in [3.63, 3.8) is 0 Å². The minimum Gasteiger partial charge on any atom is -0.377 e. The molecule has 0 aliphatic heterocycles. The predicted octanol–water partition coefficient (Wildman–Crippen LogP) is 3.23. The highest BCUT2D eigenvalue weighted by molar-refractivity contribution is 5.73. The highest BCUT2D eigenvalue weighted by Crippen LogP contribution is 2.02. The summed E-state index contributed by atoms with van der Waals surface area (Å²) in [5, 5.41) is 5.48. The second kappa shape index (κ2) is 9.58. The molecule has 0 fully saturated rings. The molecule has 122 valence electrons. The molecule has 2 rings (SSSR count). The van der Waals surface area contributed by atoms with Crippen molar-refractivity contribution in [1.82, 2.24) is 10.6 Å². The molecule has 23 heavy (non-hydrogen) atoms. The van der Waals surface area contributed by atoms with Crippen molar-refractivity contribution in [3.8, 4) is 0 Å². The monoisotopic (exact) mass is 316 g/mol. The summed E-state index contributed by atoms with van der Waals surface area (Å²) in [6.07, 6.45) is 0.747. The minimum absolute atomic E-state index is 0.239. The number of ether oxygens (including phenoxy) is 1. The fourth-order valence-corrected chi connectivity index (χ4v) is 1.99. The first-order chi connectivity index (χ1) is 11.2. The molecule has 0 heterocycles. The Bertz CT molecular complexity index is 588. The molecule has 2 aromatic carbocycles. The number of rotatable bonds is 8. The van der Waals surface area contributed by atoms with Crippen LogP contribution >= 0.6 is 0 Å². The van der Waals surface area contributed by atoms with E-state index < -0.39 is 0 Å². The summed E-state index contributed by atoms with van der Waals surface area (Å²) < 4.78 is 18.3. The number of amides is 2. The van der Waals surface area contributed by atoms with Gasteiger partial charge in [-0.25, -0.2) is 9.18 Å². The number of hydrogen-bond acceptors (Lipinski definition) is 2. The van der Waals surface area contributed by atoms with Crippen LogP contribution in [0.3, 0.4) is 0 Å². The Kier molecular flexibility index (Phi) is 7.07. The molecule has 0 atom stereocenters. The van der Waals surface area contributed by atoms with Crippen LogP contribution in [0, 0.1) is 5.82 Å². The summed E-state index contributed by atoms with van der Waals surface area (Å²) in [6, 6.07) is 15.8. The number of urea groups is 1. The summed E-state index contributed by atoms with van der Waals surface area (Å²) >= 11 is 0. The molecule has 0 bridgehead atoms. The van der Waals surface area contributed by atoms with E-state index in [-0.39, 0.29) is 11.8 Å². The van der Waals surface area contributed by atoms with Crippen LogP contribution in [0.15, 0.2) is 54.6 Å². The van der Waals surface area contributed by atoms with Crippen molar-refractivity contribution in [3.05, 3.63) is 71.5 Å². The van der Waals surface area contributed by atoms with Gasteiger partial charge >= 0.3 is 6.03 Å². The molecule has 5 heteroatoms. The van der Waals surface area contributed by atoms with Crippen molar-refractivity contribution < 1.29 is 13.9 Å². The lowest BCUT2D eigenvalue weighted by Gasteiger charge is -2.08. The smallest absolute Gasteiger partial charge is 0.315 e. The maximum Gasteiger partial charge on any atom is 0.315 e. The zero-order valence-electron chi connectivity index (χ0n) is 12.9. The molecule has 2 amide bonds. The number of carbonyl (C=O) groups is 1. The Morgan fingerprint density at radius 1 is 0.957 bits per heavy atom. The lowest BCUT2D eigenvalue weighted by Crippen LogP contribution is -2.35. The van der Waals surface area contributed by atoms with E-state index in [1.807, 2.05) is 30.3 Å². The van der Waals surface area contributed by atoms with Gasteiger partial charge in [-0.2, -0.15) is 0 Å². The summed E-state index contributed by atoms with van der Waals surface area (Å²) in [7, 11) is 0. The van der Waals surface area contributed by atoms with Crippen molar-refractivity contribution in [1.29, 1.82) is 0 Å². The maximum atomic E-state index is 12.8. The van der Waals surface area contributed by atoms with Gasteiger partial charge in [0.05, 0.1) is 6.61 Å². The Hall–Kier alpha value is -2.40. The molecule has 0 aliphatic rings. The fraction of sp³-hybridized carbons (Fsp3) is 0.278. The normalized spacial score (nSPS) is 10.3. The lowest BCUT2D eigenvalue weighted by molar-refractivity contribution is 0.118. The van der Waals surface area contributed by atoms with Crippen LogP contribution in [0.1, 0.15) is 17.5 Å². The Balaban J connectivity index is 1.50. The van der Waals surface area contributed by atoms with E-state index in [0.717, 1.165) is 17.5 Å². The maximum absolute atomic E-state index is 12.8. The van der Waals surface area contributed by atoms with E-state index in [2.05, 4.69) is 10.6 Å². The molecule has 4 nitrogen and oxygen atoms in total. The number of halogens is 1. The Morgan fingerprint density at radius 2 is 1.70 bits per heavy atom. The molecule has 0 radical (unpaired) electrons. The molecule has 2 aromatic rings. The Labute approximate surface area is 135 Å². The number of carbonyl (C=O) groups excluding carboxylic acids is 1. The number of hydrogen-bond donors (Lipinski definition) is 2. The van der Waals surface area contributed by atoms with Gasteiger partial charge in [0.25, 0.3) is 0 Å². The van der Waals surface area contributed by atoms with Gasteiger partial charge < -0.3 is 15.4 Å². The molecule has 0 spiro atoms. The predicted molar refractivity (Wildman–Crippen MR) is 87.4 cm³/mol. The third-order valence-electron chi connectivity index (χ3n) is 3.23. The highest BCUT2D eigenvalue weighted by Gasteiger charge is 2.00.